The molecule has 1 aliphatic rings. The molecule has 1 aliphatic heterocycles. The average molecular weight is 448 g/mol. The number of aromatic hydroxyl groups is 1. The van der Waals surface area contributed by atoms with Crippen molar-refractivity contribution in [2.24, 2.45) is 0 Å². The van der Waals surface area contributed by atoms with Gasteiger partial charge in [-0.1, -0.05) is 24.3 Å². The number of hydrogen-bond donors (Lipinski definition) is 2. The highest BCUT2D eigenvalue weighted by Crippen LogP contribution is 2.43. The molecule has 2 N–H and O–H groups in total. The van der Waals surface area contributed by atoms with E-state index in [0.29, 0.717) is 27.4 Å². The van der Waals surface area contributed by atoms with E-state index in [0.717, 1.165) is 0 Å². The Balaban J connectivity index is 1.66. The fourth-order valence-corrected chi connectivity index (χ4v) is 4.45. The number of furan rings is 1. The SMILES string of the molecule is COc1cccc2cc(C(=O)C3=C(O)C(=O)N(c4nccs4)C3c3ccc(O)cc3)oc12. The summed E-state index contributed by atoms with van der Waals surface area (Å²) in [5, 5.41) is 23.1. The normalized spacial score (nSPS) is 16.2. The van der Waals surface area contributed by atoms with Crippen molar-refractivity contribution < 1.29 is 29.0 Å². The number of amides is 1. The molecule has 0 spiro atoms. The Kier molecular flexibility index (Phi) is 4.67. The summed E-state index contributed by atoms with van der Waals surface area (Å²) in [6.07, 6.45) is 1.53. The number of carbonyl (C=O) groups is 2. The van der Waals surface area contributed by atoms with Crippen LogP contribution < -0.4 is 9.64 Å². The molecule has 1 atom stereocenters. The zero-order chi connectivity index (χ0) is 22.4. The summed E-state index contributed by atoms with van der Waals surface area (Å²) in [7, 11) is 1.50. The van der Waals surface area contributed by atoms with Gasteiger partial charge in [-0.2, -0.15) is 0 Å². The highest BCUT2D eigenvalue weighted by Gasteiger charge is 2.46. The summed E-state index contributed by atoms with van der Waals surface area (Å²) in [6.45, 7) is 0. The Morgan fingerprint density at radius 3 is 2.66 bits per heavy atom. The van der Waals surface area contributed by atoms with Gasteiger partial charge in [0.1, 0.15) is 5.75 Å². The first-order valence-electron chi connectivity index (χ1n) is 9.56. The second-order valence-electron chi connectivity index (χ2n) is 7.06. The van der Waals surface area contributed by atoms with Gasteiger partial charge in [0.15, 0.2) is 28.0 Å². The number of anilines is 1. The fraction of sp³-hybridized carbons (Fsp3) is 0.0870. The largest absolute Gasteiger partial charge is 0.508 e. The number of phenolic OH excluding ortho intramolecular Hbond substituents is 1. The first-order chi connectivity index (χ1) is 15.5. The summed E-state index contributed by atoms with van der Waals surface area (Å²) >= 11 is 1.20. The number of aliphatic hydroxyl groups is 1. The Bertz CT molecular complexity index is 1370. The van der Waals surface area contributed by atoms with Crippen LogP contribution >= 0.6 is 11.3 Å². The zero-order valence-corrected chi connectivity index (χ0v) is 17.5. The highest BCUT2D eigenvalue weighted by atomic mass is 32.1. The number of ketones is 1. The van der Waals surface area contributed by atoms with Gasteiger partial charge in [0.2, 0.25) is 5.78 Å². The van der Waals surface area contributed by atoms with E-state index in [1.807, 2.05) is 0 Å². The molecule has 1 unspecified atom stereocenters. The van der Waals surface area contributed by atoms with E-state index in [-0.39, 0.29) is 17.1 Å². The molecule has 5 rings (SSSR count). The third-order valence-electron chi connectivity index (χ3n) is 5.24. The number of phenols is 1. The van der Waals surface area contributed by atoms with Gasteiger partial charge >= 0.3 is 0 Å². The van der Waals surface area contributed by atoms with Crippen molar-refractivity contribution in [3.05, 3.63) is 82.8 Å². The number of hydrogen-bond acceptors (Lipinski definition) is 8. The van der Waals surface area contributed by atoms with E-state index in [1.165, 1.54) is 41.7 Å². The topological polar surface area (TPSA) is 113 Å². The molecule has 1 amide bonds. The Morgan fingerprint density at radius 1 is 1.19 bits per heavy atom. The second-order valence-corrected chi connectivity index (χ2v) is 7.94. The van der Waals surface area contributed by atoms with Gasteiger partial charge in [-0.05, 0) is 29.8 Å². The number of aliphatic hydroxyl groups excluding tert-OH is 1. The maximum Gasteiger partial charge on any atom is 0.296 e. The molecule has 0 aliphatic carbocycles. The lowest BCUT2D eigenvalue weighted by Crippen LogP contribution is -2.30. The number of nitrogens with zero attached hydrogens (tertiary/aromatic N) is 2. The molecule has 160 valence electrons. The number of rotatable bonds is 5. The minimum atomic E-state index is -0.947. The maximum atomic E-state index is 13.5. The third kappa shape index (κ3) is 3.02. The Labute approximate surface area is 185 Å². The summed E-state index contributed by atoms with van der Waals surface area (Å²) in [6, 6.07) is 11.9. The summed E-state index contributed by atoms with van der Waals surface area (Å²) in [5.41, 5.74) is 0.780. The van der Waals surface area contributed by atoms with Gasteiger partial charge in [-0.3, -0.25) is 14.5 Å². The number of fused-ring (bicyclic) bond motifs is 1. The van der Waals surface area contributed by atoms with Gasteiger partial charge in [0, 0.05) is 17.0 Å². The van der Waals surface area contributed by atoms with Crippen LogP contribution in [-0.2, 0) is 4.79 Å². The van der Waals surface area contributed by atoms with Gasteiger partial charge in [0.25, 0.3) is 5.91 Å². The van der Waals surface area contributed by atoms with E-state index in [9.17, 15) is 19.8 Å². The number of Topliss-reactive ketones (excluding diaryl/α,β-unsaturated/α-hetero) is 1. The van der Waals surface area contributed by atoms with Crippen molar-refractivity contribution in [2.75, 3.05) is 12.0 Å². The van der Waals surface area contributed by atoms with Gasteiger partial charge < -0.3 is 19.4 Å². The third-order valence-corrected chi connectivity index (χ3v) is 6.01. The van der Waals surface area contributed by atoms with E-state index in [4.69, 9.17) is 9.15 Å². The molecule has 3 heterocycles. The molecule has 2 aromatic heterocycles. The molecule has 0 fully saturated rings. The minimum absolute atomic E-state index is 0.0318. The minimum Gasteiger partial charge on any atom is -0.508 e. The molecule has 8 nitrogen and oxygen atoms in total. The second kappa shape index (κ2) is 7.54. The van der Waals surface area contributed by atoms with Crippen LogP contribution in [0.25, 0.3) is 11.0 Å². The first-order valence-corrected chi connectivity index (χ1v) is 10.4. The van der Waals surface area contributed by atoms with Crippen LogP contribution in [0.5, 0.6) is 11.5 Å². The van der Waals surface area contributed by atoms with Gasteiger partial charge in [-0.15, -0.1) is 11.3 Å². The van der Waals surface area contributed by atoms with Crippen LogP contribution in [0.2, 0.25) is 0 Å². The van der Waals surface area contributed by atoms with Crippen LogP contribution in [-0.4, -0.2) is 34.0 Å². The lowest BCUT2D eigenvalue weighted by atomic mass is 9.95. The molecule has 0 saturated heterocycles. The average Bonchev–Trinajstić information content (AvgIpc) is 3.53. The van der Waals surface area contributed by atoms with Crippen molar-refractivity contribution in [3.63, 3.8) is 0 Å². The van der Waals surface area contributed by atoms with Gasteiger partial charge in [0.05, 0.1) is 18.7 Å². The molecule has 9 heteroatoms. The van der Waals surface area contributed by atoms with E-state index in [2.05, 4.69) is 4.98 Å². The lowest BCUT2D eigenvalue weighted by Gasteiger charge is -2.24. The number of aromatic nitrogens is 1. The maximum absolute atomic E-state index is 13.5. The van der Waals surface area contributed by atoms with Crippen molar-refractivity contribution in [3.8, 4) is 11.5 Å². The first kappa shape index (κ1) is 19.8. The smallest absolute Gasteiger partial charge is 0.296 e. The molecule has 2 aromatic carbocycles. The monoisotopic (exact) mass is 448 g/mol. The summed E-state index contributed by atoms with van der Waals surface area (Å²) < 4.78 is 11.1. The number of para-hydroxylation sites is 1. The predicted molar refractivity (Wildman–Crippen MR) is 117 cm³/mol. The van der Waals surface area contributed by atoms with Crippen LogP contribution in [0.1, 0.15) is 22.2 Å². The molecular formula is C23H16N2O6S. The Hall–Kier alpha value is -4.11. The molecular weight excluding hydrogens is 432 g/mol. The van der Waals surface area contributed by atoms with Crippen LogP contribution in [0, 0.1) is 0 Å². The van der Waals surface area contributed by atoms with Crippen LogP contribution in [0.3, 0.4) is 0 Å². The molecule has 0 saturated carbocycles. The Morgan fingerprint density at radius 2 is 1.97 bits per heavy atom. The van der Waals surface area contributed by atoms with E-state index >= 15 is 0 Å². The standard InChI is InChI=1S/C23H16N2O6S/c1-30-15-4-2-3-13-11-16(31-21(13)15)19(27)17-18(12-5-7-14(26)8-6-12)25(22(29)20(17)28)23-24-9-10-32-23/h2-11,18,26,28H,1H3. The zero-order valence-electron chi connectivity index (χ0n) is 16.7. The fourth-order valence-electron chi connectivity index (χ4n) is 3.78. The highest BCUT2D eigenvalue weighted by molar-refractivity contribution is 7.13. The van der Waals surface area contributed by atoms with Crippen molar-refractivity contribution >= 4 is 39.1 Å². The summed E-state index contributed by atoms with van der Waals surface area (Å²) in [5.74, 6) is -1.59. The number of carbonyl (C=O) groups excluding carboxylic acids is 2. The molecule has 0 bridgehead atoms. The van der Waals surface area contributed by atoms with Crippen LogP contribution in [0.15, 0.2) is 75.9 Å². The van der Waals surface area contributed by atoms with Gasteiger partial charge in [-0.25, -0.2) is 4.98 Å². The number of thiazole rings is 1. The van der Waals surface area contributed by atoms with Crippen molar-refractivity contribution in [2.45, 2.75) is 6.04 Å². The molecule has 0 radical (unpaired) electrons. The lowest BCUT2D eigenvalue weighted by molar-refractivity contribution is -0.117. The molecule has 32 heavy (non-hydrogen) atoms. The van der Waals surface area contributed by atoms with Crippen molar-refractivity contribution in [1.82, 2.24) is 4.98 Å². The van der Waals surface area contributed by atoms with Crippen molar-refractivity contribution in [1.29, 1.82) is 0 Å². The van der Waals surface area contributed by atoms with Crippen LogP contribution in [0.4, 0.5) is 5.13 Å². The summed E-state index contributed by atoms with van der Waals surface area (Å²) in [4.78, 5) is 32.0. The predicted octanol–water partition coefficient (Wildman–Crippen LogP) is 4.39. The van der Waals surface area contributed by atoms with E-state index in [1.54, 1.807) is 41.8 Å². The number of ether oxygens (including phenoxy) is 1. The quantitative estimate of drug-likeness (QED) is 0.436. The number of methoxy groups -OCH3 is 1. The number of benzene rings is 2. The van der Waals surface area contributed by atoms with E-state index < -0.39 is 23.5 Å². The molecule has 4 aromatic rings.